The van der Waals surface area contributed by atoms with Gasteiger partial charge in [-0.3, -0.25) is 0 Å². The van der Waals surface area contributed by atoms with E-state index in [0.29, 0.717) is 11.3 Å². The Labute approximate surface area is 111 Å². The van der Waals surface area contributed by atoms with E-state index in [1.807, 2.05) is 31.2 Å². The van der Waals surface area contributed by atoms with Gasteiger partial charge < -0.3 is 9.84 Å². The molecule has 98 valence electrons. The maximum atomic E-state index is 11.3. The molecule has 0 aliphatic heterocycles. The molecule has 0 saturated carbocycles. The van der Waals surface area contributed by atoms with Gasteiger partial charge in [-0.1, -0.05) is 25.1 Å². The van der Waals surface area contributed by atoms with Crippen LogP contribution < -0.4 is 4.74 Å². The van der Waals surface area contributed by atoms with E-state index in [4.69, 9.17) is 4.74 Å². The molecule has 0 aliphatic rings. The molecular formula is C15H15NO3. The largest absolute Gasteiger partial charge is 0.477 e. The Hall–Kier alpha value is -2.36. The summed E-state index contributed by atoms with van der Waals surface area (Å²) in [5, 5.41) is 9.23. The third-order valence-electron chi connectivity index (χ3n) is 2.90. The van der Waals surface area contributed by atoms with Gasteiger partial charge in [0.05, 0.1) is 0 Å². The molecule has 1 heterocycles. The van der Waals surface area contributed by atoms with Gasteiger partial charge in [-0.2, -0.15) is 0 Å². The van der Waals surface area contributed by atoms with Crippen molar-refractivity contribution in [1.29, 1.82) is 0 Å². The lowest BCUT2D eigenvalue weighted by Crippen LogP contribution is -2.05. The van der Waals surface area contributed by atoms with Crippen LogP contribution in [0.25, 0.3) is 0 Å². The molecule has 1 aromatic heterocycles. The molecule has 1 aromatic carbocycles. The summed E-state index contributed by atoms with van der Waals surface area (Å²) >= 11 is 0. The molecule has 0 radical (unpaired) electrons. The SMILES string of the molecule is CCc1ccccc1Oc1nccc(C)c1C(=O)O. The van der Waals surface area contributed by atoms with Crippen LogP contribution in [0.2, 0.25) is 0 Å². The molecule has 19 heavy (non-hydrogen) atoms. The lowest BCUT2D eigenvalue weighted by Gasteiger charge is -2.11. The number of ether oxygens (including phenoxy) is 1. The molecule has 0 unspecified atom stereocenters. The van der Waals surface area contributed by atoms with E-state index in [1.165, 1.54) is 0 Å². The van der Waals surface area contributed by atoms with Crippen LogP contribution in [0.3, 0.4) is 0 Å². The summed E-state index contributed by atoms with van der Waals surface area (Å²) in [6, 6.07) is 9.19. The summed E-state index contributed by atoms with van der Waals surface area (Å²) in [4.78, 5) is 15.3. The summed E-state index contributed by atoms with van der Waals surface area (Å²) in [5.74, 6) is -0.256. The number of hydrogen-bond acceptors (Lipinski definition) is 3. The van der Waals surface area contributed by atoms with E-state index in [-0.39, 0.29) is 11.4 Å². The van der Waals surface area contributed by atoms with Crippen LogP contribution in [-0.2, 0) is 6.42 Å². The minimum atomic E-state index is -1.03. The van der Waals surface area contributed by atoms with Gasteiger partial charge in [-0.25, -0.2) is 9.78 Å². The lowest BCUT2D eigenvalue weighted by atomic mass is 10.1. The van der Waals surface area contributed by atoms with Gasteiger partial charge in [0.15, 0.2) is 0 Å². The fourth-order valence-electron chi connectivity index (χ4n) is 1.87. The Bertz CT molecular complexity index is 608. The fourth-order valence-corrected chi connectivity index (χ4v) is 1.87. The van der Waals surface area contributed by atoms with Crippen molar-refractivity contribution in [3.8, 4) is 11.6 Å². The average molecular weight is 257 g/mol. The van der Waals surface area contributed by atoms with Gasteiger partial charge in [-0.15, -0.1) is 0 Å². The van der Waals surface area contributed by atoms with Gasteiger partial charge in [0.25, 0.3) is 0 Å². The number of hydrogen-bond donors (Lipinski definition) is 1. The van der Waals surface area contributed by atoms with Crippen LogP contribution in [0.15, 0.2) is 36.5 Å². The van der Waals surface area contributed by atoms with Crippen molar-refractivity contribution in [2.75, 3.05) is 0 Å². The normalized spacial score (nSPS) is 10.2. The molecule has 2 aromatic rings. The summed E-state index contributed by atoms with van der Waals surface area (Å²) in [6.07, 6.45) is 2.36. The first-order valence-corrected chi connectivity index (χ1v) is 6.08. The molecule has 1 N–H and O–H groups in total. The van der Waals surface area contributed by atoms with E-state index in [0.717, 1.165) is 12.0 Å². The molecular weight excluding hydrogens is 242 g/mol. The monoisotopic (exact) mass is 257 g/mol. The minimum Gasteiger partial charge on any atom is -0.477 e. The number of aryl methyl sites for hydroxylation is 2. The van der Waals surface area contributed by atoms with Crippen molar-refractivity contribution in [3.63, 3.8) is 0 Å². The molecule has 2 rings (SSSR count). The molecule has 0 amide bonds. The summed E-state index contributed by atoms with van der Waals surface area (Å²) in [7, 11) is 0. The zero-order chi connectivity index (χ0) is 13.8. The number of carboxylic acid groups (broad SMARTS) is 1. The topological polar surface area (TPSA) is 59.4 Å². The number of aromatic nitrogens is 1. The Kier molecular flexibility index (Phi) is 3.80. The Morgan fingerprint density at radius 1 is 1.32 bits per heavy atom. The third kappa shape index (κ3) is 2.73. The molecule has 0 spiro atoms. The highest BCUT2D eigenvalue weighted by molar-refractivity contribution is 5.91. The number of carboxylic acids is 1. The standard InChI is InChI=1S/C15H15NO3/c1-3-11-6-4-5-7-12(11)19-14-13(15(17)18)10(2)8-9-16-14/h4-9H,3H2,1-2H3,(H,17,18). The second-order valence-electron chi connectivity index (χ2n) is 4.18. The second-order valence-corrected chi connectivity index (χ2v) is 4.18. The summed E-state index contributed by atoms with van der Waals surface area (Å²) in [6.45, 7) is 3.74. The summed E-state index contributed by atoms with van der Waals surface area (Å²) in [5.41, 5.74) is 1.75. The first-order valence-electron chi connectivity index (χ1n) is 6.08. The predicted octanol–water partition coefficient (Wildman–Crippen LogP) is 3.44. The second kappa shape index (κ2) is 5.52. The molecule has 0 aliphatic carbocycles. The highest BCUT2D eigenvalue weighted by Gasteiger charge is 2.17. The van der Waals surface area contributed by atoms with Crippen molar-refractivity contribution < 1.29 is 14.6 Å². The van der Waals surface area contributed by atoms with E-state index < -0.39 is 5.97 Å². The molecule has 4 nitrogen and oxygen atoms in total. The third-order valence-corrected chi connectivity index (χ3v) is 2.90. The zero-order valence-corrected chi connectivity index (χ0v) is 10.9. The van der Waals surface area contributed by atoms with Crippen molar-refractivity contribution in [2.24, 2.45) is 0 Å². The van der Waals surface area contributed by atoms with Crippen LogP contribution in [0.5, 0.6) is 11.6 Å². The van der Waals surface area contributed by atoms with Crippen LogP contribution in [0, 0.1) is 6.92 Å². The van der Waals surface area contributed by atoms with E-state index >= 15 is 0 Å². The van der Waals surface area contributed by atoms with Crippen molar-refractivity contribution >= 4 is 5.97 Å². The maximum Gasteiger partial charge on any atom is 0.341 e. The van der Waals surface area contributed by atoms with Crippen LogP contribution in [0.1, 0.15) is 28.4 Å². The van der Waals surface area contributed by atoms with Gasteiger partial charge in [0.2, 0.25) is 5.88 Å². The van der Waals surface area contributed by atoms with Crippen molar-refractivity contribution in [3.05, 3.63) is 53.2 Å². The molecule has 0 bridgehead atoms. The highest BCUT2D eigenvalue weighted by atomic mass is 16.5. The van der Waals surface area contributed by atoms with Crippen molar-refractivity contribution in [2.45, 2.75) is 20.3 Å². The van der Waals surface area contributed by atoms with Crippen LogP contribution in [0.4, 0.5) is 0 Å². The Morgan fingerprint density at radius 3 is 2.74 bits per heavy atom. The number of nitrogens with zero attached hydrogens (tertiary/aromatic N) is 1. The molecule has 4 heteroatoms. The van der Waals surface area contributed by atoms with Gasteiger partial charge in [0, 0.05) is 6.20 Å². The molecule has 0 fully saturated rings. The smallest absolute Gasteiger partial charge is 0.341 e. The number of aromatic carboxylic acids is 1. The Morgan fingerprint density at radius 2 is 2.05 bits per heavy atom. The van der Waals surface area contributed by atoms with Crippen LogP contribution in [-0.4, -0.2) is 16.1 Å². The summed E-state index contributed by atoms with van der Waals surface area (Å²) < 4.78 is 5.68. The number of pyridine rings is 1. The first kappa shape index (κ1) is 13.1. The minimum absolute atomic E-state index is 0.105. The number of benzene rings is 1. The van der Waals surface area contributed by atoms with Gasteiger partial charge in [-0.05, 0) is 36.6 Å². The lowest BCUT2D eigenvalue weighted by molar-refractivity contribution is 0.0692. The molecule has 0 saturated heterocycles. The van der Waals surface area contributed by atoms with Crippen molar-refractivity contribution in [1.82, 2.24) is 4.98 Å². The Balaban J connectivity index is 2.44. The average Bonchev–Trinajstić information content (AvgIpc) is 2.39. The fraction of sp³-hybridized carbons (Fsp3) is 0.200. The van der Waals surface area contributed by atoms with E-state index in [2.05, 4.69) is 4.98 Å². The zero-order valence-electron chi connectivity index (χ0n) is 10.9. The predicted molar refractivity (Wildman–Crippen MR) is 71.8 cm³/mol. The van der Waals surface area contributed by atoms with Gasteiger partial charge in [0.1, 0.15) is 11.3 Å². The van der Waals surface area contributed by atoms with E-state index in [1.54, 1.807) is 19.2 Å². The quantitative estimate of drug-likeness (QED) is 0.911. The molecule has 0 atom stereocenters. The highest BCUT2D eigenvalue weighted by Crippen LogP contribution is 2.28. The van der Waals surface area contributed by atoms with Crippen LogP contribution >= 0.6 is 0 Å². The number of carbonyl (C=O) groups is 1. The van der Waals surface area contributed by atoms with E-state index in [9.17, 15) is 9.90 Å². The maximum absolute atomic E-state index is 11.3. The first-order chi connectivity index (χ1) is 9.13. The number of rotatable bonds is 4. The number of para-hydroxylation sites is 1. The van der Waals surface area contributed by atoms with Gasteiger partial charge >= 0.3 is 5.97 Å².